The lowest BCUT2D eigenvalue weighted by Crippen LogP contribution is -2.43. The Labute approximate surface area is 129 Å². The number of rotatable bonds is 4. The number of nitrogens with zero attached hydrogens (tertiary/aromatic N) is 1. The Morgan fingerprint density at radius 1 is 1.19 bits per heavy atom. The molecule has 0 saturated carbocycles. The first-order chi connectivity index (χ1) is 9.88. The van der Waals surface area contributed by atoms with Crippen LogP contribution in [0.2, 0.25) is 0 Å². The van der Waals surface area contributed by atoms with Crippen LogP contribution >= 0.6 is 10.7 Å². The van der Waals surface area contributed by atoms with Crippen molar-refractivity contribution in [3.8, 4) is 5.75 Å². The summed E-state index contributed by atoms with van der Waals surface area (Å²) in [5, 5.41) is 0. The van der Waals surface area contributed by atoms with Crippen LogP contribution in [0.25, 0.3) is 0 Å². The topological polar surface area (TPSA) is 63.7 Å². The second-order valence-corrected chi connectivity index (χ2v) is 7.62. The van der Waals surface area contributed by atoms with Gasteiger partial charge in [0.1, 0.15) is 5.75 Å². The van der Waals surface area contributed by atoms with Gasteiger partial charge in [0, 0.05) is 23.8 Å². The number of likely N-dealkylation sites (tertiary alicyclic amines) is 1. The van der Waals surface area contributed by atoms with Crippen LogP contribution in [0.1, 0.15) is 26.2 Å². The van der Waals surface area contributed by atoms with E-state index in [0.717, 1.165) is 32.4 Å². The van der Waals surface area contributed by atoms with Crippen LogP contribution in [-0.2, 0) is 13.8 Å². The monoisotopic (exact) mass is 331 g/mol. The highest BCUT2D eigenvalue weighted by Crippen LogP contribution is 2.20. The molecule has 0 N–H and O–H groups in total. The van der Waals surface area contributed by atoms with Gasteiger partial charge in [-0.05, 0) is 50.5 Å². The molecule has 1 saturated heterocycles. The molecule has 116 valence electrons. The van der Waals surface area contributed by atoms with Gasteiger partial charge in [-0.1, -0.05) is 0 Å². The summed E-state index contributed by atoms with van der Waals surface area (Å²) in [7, 11) is 1.50. The standard InChI is InChI=1S/C14H18ClNO4S/c1-11(14(17)16-9-3-2-4-10-16)20-12-5-7-13(8-6-12)21(15,18)19/h5-8,11H,2-4,9-10H2,1H3. The van der Waals surface area contributed by atoms with Crippen LogP contribution in [0, 0.1) is 0 Å². The molecule has 5 nitrogen and oxygen atoms in total. The lowest BCUT2D eigenvalue weighted by molar-refractivity contribution is -0.138. The average Bonchev–Trinajstić information content (AvgIpc) is 2.47. The molecule has 1 unspecified atom stereocenters. The summed E-state index contributed by atoms with van der Waals surface area (Å²) in [6.07, 6.45) is 2.62. The lowest BCUT2D eigenvalue weighted by atomic mass is 10.1. The molecule has 0 radical (unpaired) electrons. The van der Waals surface area contributed by atoms with Crippen molar-refractivity contribution in [2.45, 2.75) is 37.2 Å². The highest BCUT2D eigenvalue weighted by molar-refractivity contribution is 8.13. The van der Waals surface area contributed by atoms with Gasteiger partial charge in [0.25, 0.3) is 15.0 Å². The molecule has 21 heavy (non-hydrogen) atoms. The van der Waals surface area contributed by atoms with E-state index in [2.05, 4.69) is 0 Å². The summed E-state index contributed by atoms with van der Waals surface area (Å²) in [5.74, 6) is 0.403. The highest BCUT2D eigenvalue weighted by atomic mass is 35.7. The van der Waals surface area contributed by atoms with Crippen molar-refractivity contribution in [3.05, 3.63) is 24.3 Å². The Bertz CT molecular complexity index is 594. The first kappa shape index (κ1) is 16.1. The van der Waals surface area contributed by atoms with Gasteiger partial charge in [-0.3, -0.25) is 4.79 Å². The Hall–Kier alpha value is -1.27. The SMILES string of the molecule is CC(Oc1ccc(S(=O)(=O)Cl)cc1)C(=O)N1CCCCC1. The van der Waals surface area contributed by atoms with Gasteiger partial charge in [-0.25, -0.2) is 8.42 Å². The first-order valence-corrected chi connectivity index (χ1v) is 9.19. The molecule has 1 aromatic rings. The summed E-state index contributed by atoms with van der Waals surface area (Å²) >= 11 is 0. The Morgan fingerprint density at radius 3 is 2.29 bits per heavy atom. The van der Waals surface area contributed by atoms with Crippen molar-refractivity contribution in [1.29, 1.82) is 0 Å². The van der Waals surface area contributed by atoms with Crippen LogP contribution in [0.4, 0.5) is 0 Å². The van der Waals surface area contributed by atoms with Gasteiger partial charge >= 0.3 is 0 Å². The third-order valence-corrected chi connectivity index (χ3v) is 4.80. The van der Waals surface area contributed by atoms with Crippen molar-refractivity contribution < 1.29 is 17.9 Å². The fourth-order valence-corrected chi connectivity index (χ4v) is 3.08. The van der Waals surface area contributed by atoms with Gasteiger partial charge in [0.05, 0.1) is 4.90 Å². The summed E-state index contributed by atoms with van der Waals surface area (Å²) in [6.45, 7) is 3.25. The van der Waals surface area contributed by atoms with E-state index in [-0.39, 0.29) is 10.8 Å². The third-order valence-electron chi connectivity index (χ3n) is 3.43. The zero-order chi connectivity index (χ0) is 15.5. The van der Waals surface area contributed by atoms with Crippen LogP contribution in [0.3, 0.4) is 0 Å². The van der Waals surface area contributed by atoms with E-state index in [0.29, 0.717) is 5.75 Å². The molecule has 1 atom stereocenters. The number of ether oxygens (including phenoxy) is 1. The quantitative estimate of drug-likeness (QED) is 0.795. The van der Waals surface area contributed by atoms with Crippen LogP contribution in [-0.4, -0.2) is 38.4 Å². The van der Waals surface area contributed by atoms with Crippen molar-refractivity contribution >= 4 is 25.6 Å². The molecule has 1 aliphatic heterocycles. The van der Waals surface area contributed by atoms with E-state index in [1.54, 1.807) is 6.92 Å². The fourth-order valence-electron chi connectivity index (χ4n) is 2.31. The van der Waals surface area contributed by atoms with E-state index in [1.807, 2.05) is 4.90 Å². The van der Waals surface area contributed by atoms with Gasteiger partial charge in [0.15, 0.2) is 6.10 Å². The van der Waals surface area contributed by atoms with Crippen LogP contribution < -0.4 is 4.74 Å². The van der Waals surface area contributed by atoms with Crippen molar-refractivity contribution in [2.75, 3.05) is 13.1 Å². The number of hydrogen-bond donors (Lipinski definition) is 0. The Kier molecular flexibility index (Phi) is 5.11. The van der Waals surface area contributed by atoms with Gasteiger partial charge in [0.2, 0.25) is 0 Å². The number of carbonyl (C=O) groups excluding carboxylic acids is 1. The van der Waals surface area contributed by atoms with E-state index in [4.69, 9.17) is 15.4 Å². The molecule has 1 amide bonds. The van der Waals surface area contributed by atoms with Crippen LogP contribution in [0.15, 0.2) is 29.2 Å². The minimum Gasteiger partial charge on any atom is -0.481 e. The zero-order valence-electron chi connectivity index (χ0n) is 11.8. The molecule has 7 heteroatoms. The molecular formula is C14H18ClNO4S. The minimum atomic E-state index is -3.74. The maximum Gasteiger partial charge on any atom is 0.263 e. The van der Waals surface area contributed by atoms with Crippen LogP contribution in [0.5, 0.6) is 5.75 Å². The molecular weight excluding hydrogens is 314 g/mol. The summed E-state index contributed by atoms with van der Waals surface area (Å²) in [6, 6.07) is 5.70. The molecule has 2 rings (SSSR count). The third kappa shape index (κ3) is 4.35. The van der Waals surface area contributed by atoms with Crippen molar-refractivity contribution in [1.82, 2.24) is 4.90 Å². The Balaban J connectivity index is 1.98. The molecule has 0 spiro atoms. The summed E-state index contributed by atoms with van der Waals surface area (Å²) in [4.78, 5) is 14.0. The molecule has 1 aromatic carbocycles. The van der Waals surface area contributed by atoms with E-state index >= 15 is 0 Å². The molecule has 1 heterocycles. The smallest absolute Gasteiger partial charge is 0.263 e. The molecule has 1 aliphatic rings. The maximum atomic E-state index is 12.2. The number of benzene rings is 1. The lowest BCUT2D eigenvalue weighted by Gasteiger charge is -2.29. The van der Waals surface area contributed by atoms with Crippen molar-refractivity contribution in [2.24, 2.45) is 0 Å². The van der Waals surface area contributed by atoms with Gasteiger partial charge in [-0.2, -0.15) is 0 Å². The minimum absolute atomic E-state index is 0.00604. The normalized spacial score (nSPS) is 17.3. The fraction of sp³-hybridized carbons (Fsp3) is 0.500. The molecule has 1 fully saturated rings. The van der Waals surface area contributed by atoms with Gasteiger partial charge < -0.3 is 9.64 Å². The second-order valence-electron chi connectivity index (χ2n) is 5.06. The zero-order valence-corrected chi connectivity index (χ0v) is 13.4. The second kappa shape index (κ2) is 6.66. The van der Waals surface area contributed by atoms with E-state index < -0.39 is 15.2 Å². The first-order valence-electron chi connectivity index (χ1n) is 6.88. The maximum absolute atomic E-state index is 12.2. The number of hydrogen-bond acceptors (Lipinski definition) is 4. The van der Waals surface area contributed by atoms with E-state index in [9.17, 15) is 13.2 Å². The summed E-state index contributed by atoms with van der Waals surface area (Å²) in [5.41, 5.74) is 0. The number of carbonyl (C=O) groups is 1. The van der Waals surface area contributed by atoms with Gasteiger partial charge in [-0.15, -0.1) is 0 Å². The number of amides is 1. The molecule has 0 aliphatic carbocycles. The predicted molar refractivity (Wildman–Crippen MR) is 80.0 cm³/mol. The number of piperidine rings is 1. The van der Waals surface area contributed by atoms with Crippen molar-refractivity contribution in [3.63, 3.8) is 0 Å². The van der Waals surface area contributed by atoms with E-state index in [1.165, 1.54) is 24.3 Å². The average molecular weight is 332 g/mol. The Morgan fingerprint density at radius 2 is 1.76 bits per heavy atom. The highest BCUT2D eigenvalue weighted by Gasteiger charge is 2.23. The molecule has 0 aromatic heterocycles. The molecule has 0 bridgehead atoms. The number of halogens is 1. The summed E-state index contributed by atoms with van der Waals surface area (Å²) < 4.78 is 27.9. The largest absolute Gasteiger partial charge is 0.481 e. The predicted octanol–water partition coefficient (Wildman–Crippen LogP) is 2.39.